The summed E-state index contributed by atoms with van der Waals surface area (Å²) in [6.45, 7) is 4.21. The van der Waals surface area contributed by atoms with Crippen LogP contribution >= 0.6 is 23.2 Å². The number of imidazole rings is 1. The summed E-state index contributed by atoms with van der Waals surface area (Å²) in [5.41, 5.74) is 9.09. The van der Waals surface area contributed by atoms with Crippen molar-refractivity contribution >= 4 is 39.9 Å². The minimum absolute atomic E-state index is 0.223. The van der Waals surface area contributed by atoms with Crippen molar-refractivity contribution in [2.75, 3.05) is 5.73 Å². The van der Waals surface area contributed by atoms with Crippen molar-refractivity contribution < 1.29 is 0 Å². The zero-order valence-corrected chi connectivity index (χ0v) is 13.3. The first-order valence-corrected chi connectivity index (χ1v) is 7.46. The molecule has 0 spiro atoms. The van der Waals surface area contributed by atoms with Gasteiger partial charge in [0.2, 0.25) is 0 Å². The van der Waals surface area contributed by atoms with Crippen molar-refractivity contribution in [2.45, 2.75) is 19.9 Å². The third-order valence-electron chi connectivity index (χ3n) is 3.44. The lowest BCUT2D eigenvalue weighted by Crippen LogP contribution is -2.03. The summed E-state index contributed by atoms with van der Waals surface area (Å²) in [6, 6.07) is 11.5. The standard InChI is InChI=1S/C16H15Cl2N3/c1-9(2)21-15-11(17)4-3-5-14(15)20-16(21)10-6-7-13(19)12(18)8-10/h3-9H,19H2,1-2H3. The number of hydrogen-bond donors (Lipinski definition) is 1. The number of nitrogens with two attached hydrogens (primary N) is 1. The number of rotatable bonds is 2. The molecule has 0 saturated heterocycles. The fourth-order valence-corrected chi connectivity index (χ4v) is 2.92. The molecule has 21 heavy (non-hydrogen) atoms. The predicted molar refractivity (Wildman–Crippen MR) is 90.0 cm³/mol. The average Bonchev–Trinajstić information content (AvgIpc) is 2.83. The van der Waals surface area contributed by atoms with Gasteiger partial charge in [-0.3, -0.25) is 0 Å². The van der Waals surface area contributed by atoms with E-state index in [2.05, 4.69) is 18.4 Å². The number of nitrogens with zero attached hydrogens (tertiary/aromatic N) is 2. The van der Waals surface area contributed by atoms with Gasteiger partial charge in [-0.1, -0.05) is 29.3 Å². The molecule has 0 bridgehead atoms. The minimum atomic E-state index is 0.223. The molecule has 2 N–H and O–H groups in total. The van der Waals surface area contributed by atoms with Crippen LogP contribution in [0, 0.1) is 0 Å². The maximum atomic E-state index is 6.36. The molecular formula is C16H15Cl2N3. The van der Waals surface area contributed by atoms with Gasteiger partial charge in [-0.2, -0.15) is 0 Å². The molecule has 5 heteroatoms. The highest BCUT2D eigenvalue weighted by molar-refractivity contribution is 6.35. The second kappa shape index (κ2) is 5.24. The van der Waals surface area contributed by atoms with Crippen LogP contribution in [0.3, 0.4) is 0 Å². The quantitative estimate of drug-likeness (QED) is 0.662. The van der Waals surface area contributed by atoms with Gasteiger partial charge in [-0.25, -0.2) is 4.98 Å². The molecule has 2 aromatic carbocycles. The van der Waals surface area contributed by atoms with Crippen LogP contribution in [0.15, 0.2) is 36.4 Å². The van der Waals surface area contributed by atoms with Crippen molar-refractivity contribution in [3.8, 4) is 11.4 Å². The highest BCUT2D eigenvalue weighted by atomic mass is 35.5. The van der Waals surface area contributed by atoms with Crippen LogP contribution in [-0.2, 0) is 0 Å². The van der Waals surface area contributed by atoms with Crippen molar-refractivity contribution in [2.24, 2.45) is 0 Å². The average molecular weight is 320 g/mol. The van der Waals surface area contributed by atoms with Crippen LogP contribution in [0.2, 0.25) is 10.0 Å². The van der Waals surface area contributed by atoms with E-state index in [1.165, 1.54) is 0 Å². The Morgan fingerprint density at radius 1 is 1.10 bits per heavy atom. The molecule has 0 aliphatic rings. The lowest BCUT2D eigenvalue weighted by atomic mass is 10.2. The summed E-state index contributed by atoms with van der Waals surface area (Å²) in [5.74, 6) is 0.843. The molecular weight excluding hydrogens is 305 g/mol. The van der Waals surface area contributed by atoms with Gasteiger partial charge >= 0.3 is 0 Å². The van der Waals surface area contributed by atoms with Crippen molar-refractivity contribution in [1.29, 1.82) is 0 Å². The summed E-state index contributed by atoms with van der Waals surface area (Å²) in [6.07, 6.45) is 0. The molecule has 0 aliphatic carbocycles. The lowest BCUT2D eigenvalue weighted by molar-refractivity contribution is 0.624. The van der Waals surface area contributed by atoms with E-state index in [0.717, 1.165) is 22.4 Å². The number of nitrogen functional groups attached to an aromatic ring is 1. The number of hydrogen-bond acceptors (Lipinski definition) is 2. The molecule has 3 nitrogen and oxygen atoms in total. The molecule has 0 saturated carbocycles. The summed E-state index contributed by atoms with van der Waals surface area (Å²) in [5, 5.41) is 1.22. The van der Waals surface area contributed by atoms with Gasteiger partial charge in [-0.05, 0) is 44.2 Å². The SMILES string of the molecule is CC(C)n1c(-c2ccc(N)c(Cl)c2)nc2cccc(Cl)c21. The Morgan fingerprint density at radius 3 is 2.52 bits per heavy atom. The largest absolute Gasteiger partial charge is 0.398 e. The number of aromatic nitrogens is 2. The highest BCUT2D eigenvalue weighted by Crippen LogP contribution is 2.34. The van der Waals surface area contributed by atoms with Gasteiger partial charge in [0.15, 0.2) is 0 Å². The van der Waals surface area contributed by atoms with E-state index in [-0.39, 0.29) is 6.04 Å². The van der Waals surface area contributed by atoms with Crippen LogP contribution in [0.1, 0.15) is 19.9 Å². The van der Waals surface area contributed by atoms with Crippen molar-refractivity contribution in [1.82, 2.24) is 9.55 Å². The molecule has 3 aromatic rings. The Labute approximate surface area is 133 Å². The Balaban J connectivity index is 2.34. The molecule has 1 heterocycles. The number of benzene rings is 2. The van der Waals surface area contributed by atoms with Gasteiger partial charge in [0.25, 0.3) is 0 Å². The number of halogens is 2. The molecule has 0 aliphatic heterocycles. The molecule has 1 aromatic heterocycles. The Kier molecular flexibility index (Phi) is 3.56. The second-order valence-electron chi connectivity index (χ2n) is 5.24. The van der Waals surface area contributed by atoms with E-state index >= 15 is 0 Å². The number of fused-ring (bicyclic) bond motifs is 1. The normalized spacial score (nSPS) is 11.5. The maximum Gasteiger partial charge on any atom is 0.141 e. The fourth-order valence-electron chi connectivity index (χ4n) is 2.48. The van der Waals surface area contributed by atoms with Crippen LogP contribution in [0.4, 0.5) is 5.69 Å². The number of anilines is 1. The molecule has 0 amide bonds. The smallest absolute Gasteiger partial charge is 0.141 e. The third-order valence-corrected chi connectivity index (χ3v) is 4.07. The van der Waals surface area contributed by atoms with E-state index in [9.17, 15) is 0 Å². The Bertz CT molecular complexity index is 822. The predicted octanol–water partition coefficient (Wildman–Crippen LogP) is 5.17. The summed E-state index contributed by atoms with van der Waals surface area (Å²) >= 11 is 12.5. The minimum Gasteiger partial charge on any atom is -0.398 e. The van der Waals surface area contributed by atoms with Gasteiger partial charge in [0.05, 0.1) is 26.8 Å². The summed E-state index contributed by atoms with van der Waals surface area (Å²) < 4.78 is 2.12. The highest BCUT2D eigenvalue weighted by Gasteiger charge is 2.17. The van der Waals surface area contributed by atoms with E-state index < -0.39 is 0 Å². The van der Waals surface area contributed by atoms with E-state index in [1.807, 2.05) is 30.3 Å². The Hall–Kier alpha value is -1.71. The van der Waals surface area contributed by atoms with Gasteiger partial charge in [-0.15, -0.1) is 0 Å². The molecule has 0 fully saturated rings. The first kappa shape index (κ1) is 14.2. The maximum absolute atomic E-state index is 6.36. The van der Waals surface area contributed by atoms with Crippen molar-refractivity contribution in [3.63, 3.8) is 0 Å². The Morgan fingerprint density at radius 2 is 1.86 bits per heavy atom. The first-order chi connectivity index (χ1) is 9.99. The van der Waals surface area contributed by atoms with E-state index in [0.29, 0.717) is 15.7 Å². The second-order valence-corrected chi connectivity index (χ2v) is 6.06. The monoisotopic (exact) mass is 319 g/mol. The third kappa shape index (κ3) is 2.37. The molecule has 108 valence electrons. The van der Waals surface area contributed by atoms with Gasteiger partial charge in [0.1, 0.15) is 5.82 Å². The fraction of sp³-hybridized carbons (Fsp3) is 0.188. The van der Waals surface area contributed by atoms with Crippen LogP contribution in [0.5, 0.6) is 0 Å². The summed E-state index contributed by atoms with van der Waals surface area (Å²) in [4.78, 5) is 4.71. The van der Waals surface area contributed by atoms with E-state index in [1.54, 1.807) is 6.07 Å². The van der Waals surface area contributed by atoms with Gasteiger partial charge in [0, 0.05) is 11.6 Å². The van der Waals surface area contributed by atoms with Crippen LogP contribution in [0.25, 0.3) is 22.4 Å². The topological polar surface area (TPSA) is 43.8 Å². The van der Waals surface area contributed by atoms with Crippen LogP contribution < -0.4 is 5.73 Å². The first-order valence-electron chi connectivity index (χ1n) is 6.71. The van der Waals surface area contributed by atoms with Gasteiger partial charge < -0.3 is 10.3 Å². The zero-order chi connectivity index (χ0) is 15.1. The lowest BCUT2D eigenvalue weighted by Gasteiger charge is -2.14. The molecule has 0 unspecified atom stereocenters. The molecule has 3 rings (SSSR count). The molecule has 0 atom stereocenters. The molecule has 0 radical (unpaired) electrons. The van der Waals surface area contributed by atoms with Crippen molar-refractivity contribution in [3.05, 3.63) is 46.4 Å². The van der Waals surface area contributed by atoms with Crippen LogP contribution in [-0.4, -0.2) is 9.55 Å². The number of para-hydroxylation sites is 1. The summed E-state index contributed by atoms with van der Waals surface area (Å²) in [7, 11) is 0. The van der Waals surface area contributed by atoms with E-state index in [4.69, 9.17) is 33.9 Å². The zero-order valence-electron chi connectivity index (χ0n) is 11.8.